The number of amides is 1. The second-order valence-electron chi connectivity index (χ2n) is 5.18. The van der Waals surface area contributed by atoms with E-state index >= 15 is 0 Å². The molecule has 1 aromatic rings. The number of aromatic nitrogens is 1. The van der Waals surface area contributed by atoms with Gasteiger partial charge in [0.15, 0.2) is 0 Å². The van der Waals surface area contributed by atoms with Crippen LogP contribution in [0.15, 0.2) is 10.6 Å². The molecule has 2 heterocycles. The number of aryl methyl sites for hydroxylation is 1. The van der Waals surface area contributed by atoms with Crippen molar-refractivity contribution in [2.75, 3.05) is 19.6 Å². The van der Waals surface area contributed by atoms with Crippen molar-refractivity contribution in [3.63, 3.8) is 0 Å². The monoisotopic (exact) mass is 265 g/mol. The third-order valence-electron chi connectivity index (χ3n) is 3.76. The van der Waals surface area contributed by atoms with Crippen LogP contribution >= 0.6 is 0 Å². The SMILES string of the molecule is CCC1CCCCN1CCNC(=O)c1cc(C)no1. The first-order chi connectivity index (χ1) is 9.20. The molecular formula is C14H23N3O2. The Labute approximate surface area is 114 Å². The van der Waals surface area contributed by atoms with Gasteiger partial charge in [-0.3, -0.25) is 9.69 Å². The third-order valence-corrected chi connectivity index (χ3v) is 3.76. The lowest BCUT2D eigenvalue weighted by Gasteiger charge is -2.35. The molecule has 1 aliphatic rings. The summed E-state index contributed by atoms with van der Waals surface area (Å²) in [4.78, 5) is 14.3. The summed E-state index contributed by atoms with van der Waals surface area (Å²) in [6.45, 7) is 6.76. The lowest BCUT2D eigenvalue weighted by atomic mass is 10.0. The normalized spacial score (nSPS) is 20.4. The number of carbonyl (C=O) groups excluding carboxylic acids is 1. The minimum absolute atomic E-state index is 0.175. The molecule has 106 valence electrons. The quantitative estimate of drug-likeness (QED) is 0.884. The first-order valence-corrected chi connectivity index (χ1v) is 7.16. The Morgan fingerprint density at radius 3 is 3.11 bits per heavy atom. The van der Waals surface area contributed by atoms with Gasteiger partial charge < -0.3 is 9.84 Å². The van der Waals surface area contributed by atoms with Crippen LogP contribution in [0, 0.1) is 6.92 Å². The van der Waals surface area contributed by atoms with E-state index < -0.39 is 0 Å². The van der Waals surface area contributed by atoms with Crippen molar-refractivity contribution in [1.29, 1.82) is 0 Å². The summed E-state index contributed by atoms with van der Waals surface area (Å²) in [6, 6.07) is 2.34. The number of hydrogen-bond acceptors (Lipinski definition) is 4. The van der Waals surface area contributed by atoms with Gasteiger partial charge in [0.05, 0.1) is 5.69 Å². The topological polar surface area (TPSA) is 58.4 Å². The molecule has 19 heavy (non-hydrogen) atoms. The van der Waals surface area contributed by atoms with Crippen LogP contribution in [0.4, 0.5) is 0 Å². The number of rotatable bonds is 5. The molecule has 1 unspecified atom stereocenters. The lowest BCUT2D eigenvalue weighted by Crippen LogP contribution is -2.43. The van der Waals surface area contributed by atoms with Crippen molar-refractivity contribution in [3.8, 4) is 0 Å². The molecule has 0 bridgehead atoms. The zero-order valence-electron chi connectivity index (χ0n) is 11.8. The van der Waals surface area contributed by atoms with Crippen LogP contribution in [0.2, 0.25) is 0 Å². The van der Waals surface area contributed by atoms with Gasteiger partial charge in [0.2, 0.25) is 5.76 Å². The minimum Gasteiger partial charge on any atom is -0.351 e. The van der Waals surface area contributed by atoms with E-state index in [2.05, 4.69) is 22.3 Å². The first-order valence-electron chi connectivity index (χ1n) is 7.16. The molecule has 1 saturated heterocycles. The Morgan fingerprint density at radius 2 is 2.42 bits per heavy atom. The fourth-order valence-electron chi connectivity index (χ4n) is 2.69. The molecule has 1 aliphatic heterocycles. The molecule has 1 aromatic heterocycles. The molecule has 0 aliphatic carbocycles. The van der Waals surface area contributed by atoms with Crippen LogP contribution in [0.5, 0.6) is 0 Å². The Morgan fingerprint density at radius 1 is 1.58 bits per heavy atom. The molecule has 0 radical (unpaired) electrons. The summed E-state index contributed by atoms with van der Waals surface area (Å²) >= 11 is 0. The van der Waals surface area contributed by atoms with Crippen molar-refractivity contribution in [1.82, 2.24) is 15.4 Å². The third kappa shape index (κ3) is 3.80. The highest BCUT2D eigenvalue weighted by atomic mass is 16.5. The van der Waals surface area contributed by atoms with E-state index in [1.165, 1.54) is 25.7 Å². The van der Waals surface area contributed by atoms with Crippen LogP contribution in [0.25, 0.3) is 0 Å². The molecule has 1 atom stereocenters. The maximum absolute atomic E-state index is 11.8. The minimum atomic E-state index is -0.175. The van der Waals surface area contributed by atoms with Crippen LogP contribution < -0.4 is 5.32 Å². The summed E-state index contributed by atoms with van der Waals surface area (Å²) in [6.07, 6.45) is 5.07. The summed E-state index contributed by atoms with van der Waals surface area (Å²) in [7, 11) is 0. The fraction of sp³-hybridized carbons (Fsp3) is 0.714. The van der Waals surface area contributed by atoms with Crippen LogP contribution in [0.3, 0.4) is 0 Å². The second kappa shape index (κ2) is 6.70. The molecule has 0 aromatic carbocycles. The van der Waals surface area contributed by atoms with Gasteiger partial charge in [0.1, 0.15) is 0 Å². The van der Waals surface area contributed by atoms with Crippen molar-refractivity contribution < 1.29 is 9.32 Å². The number of nitrogens with one attached hydrogen (secondary N) is 1. The Hall–Kier alpha value is -1.36. The standard InChI is InChI=1S/C14H23N3O2/c1-3-12-6-4-5-8-17(12)9-7-15-14(18)13-10-11(2)16-19-13/h10,12H,3-9H2,1-2H3,(H,15,18). The number of likely N-dealkylation sites (tertiary alicyclic amines) is 1. The van der Waals surface area contributed by atoms with Crippen molar-refractivity contribution >= 4 is 5.91 Å². The van der Waals surface area contributed by atoms with Gasteiger partial charge in [-0.1, -0.05) is 18.5 Å². The molecular weight excluding hydrogens is 242 g/mol. The number of hydrogen-bond donors (Lipinski definition) is 1. The molecule has 1 fully saturated rings. The van der Waals surface area contributed by atoms with Crippen LogP contribution in [-0.2, 0) is 0 Å². The number of carbonyl (C=O) groups is 1. The summed E-state index contributed by atoms with van der Waals surface area (Å²) < 4.78 is 4.94. The van der Waals surface area contributed by atoms with E-state index in [4.69, 9.17) is 4.52 Å². The number of nitrogens with zero attached hydrogens (tertiary/aromatic N) is 2. The molecule has 5 heteroatoms. The highest BCUT2D eigenvalue weighted by molar-refractivity contribution is 5.91. The van der Waals surface area contributed by atoms with Gasteiger partial charge in [-0.05, 0) is 32.7 Å². The molecule has 1 amide bonds. The molecule has 5 nitrogen and oxygen atoms in total. The molecule has 1 N–H and O–H groups in total. The van der Waals surface area contributed by atoms with Gasteiger partial charge >= 0.3 is 0 Å². The number of piperidine rings is 1. The van der Waals surface area contributed by atoms with E-state index in [1.807, 2.05) is 0 Å². The maximum atomic E-state index is 11.8. The fourth-order valence-corrected chi connectivity index (χ4v) is 2.69. The van der Waals surface area contributed by atoms with E-state index in [-0.39, 0.29) is 5.91 Å². The van der Waals surface area contributed by atoms with Gasteiger partial charge in [-0.15, -0.1) is 0 Å². The lowest BCUT2D eigenvalue weighted by molar-refractivity contribution is 0.0898. The molecule has 0 saturated carbocycles. The molecule has 0 spiro atoms. The summed E-state index contributed by atoms with van der Waals surface area (Å²) in [5, 5.41) is 6.60. The Balaban J connectivity index is 1.75. The highest BCUT2D eigenvalue weighted by Gasteiger charge is 2.20. The Bertz CT molecular complexity index is 417. The Kier molecular flexibility index (Phi) is 4.96. The van der Waals surface area contributed by atoms with Gasteiger partial charge in [-0.2, -0.15) is 0 Å². The average molecular weight is 265 g/mol. The van der Waals surface area contributed by atoms with Crippen molar-refractivity contribution in [2.24, 2.45) is 0 Å². The van der Waals surface area contributed by atoms with Crippen molar-refractivity contribution in [2.45, 2.75) is 45.6 Å². The highest BCUT2D eigenvalue weighted by Crippen LogP contribution is 2.18. The van der Waals surface area contributed by atoms with E-state index in [0.29, 0.717) is 18.3 Å². The zero-order valence-corrected chi connectivity index (χ0v) is 11.8. The van der Waals surface area contributed by atoms with Crippen LogP contribution in [0.1, 0.15) is 48.9 Å². The van der Waals surface area contributed by atoms with E-state index in [1.54, 1.807) is 13.0 Å². The second-order valence-corrected chi connectivity index (χ2v) is 5.18. The van der Waals surface area contributed by atoms with Gasteiger partial charge in [0.25, 0.3) is 5.91 Å². The summed E-state index contributed by atoms with van der Waals surface area (Å²) in [5.74, 6) is 0.119. The van der Waals surface area contributed by atoms with Crippen LogP contribution in [-0.4, -0.2) is 41.6 Å². The van der Waals surface area contributed by atoms with E-state index in [9.17, 15) is 4.79 Å². The van der Waals surface area contributed by atoms with E-state index in [0.717, 1.165) is 18.8 Å². The van der Waals surface area contributed by atoms with Gasteiger partial charge in [-0.25, -0.2) is 0 Å². The largest absolute Gasteiger partial charge is 0.351 e. The smallest absolute Gasteiger partial charge is 0.289 e. The van der Waals surface area contributed by atoms with Crippen molar-refractivity contribution in [3.05, 3.63) is 17.5 Å². The first kappa shape index (κ1) is 14.1. The molecule has 2 rings (SSSR count). The average Bonchev–Trinajstić information content (AvgIpc) is 2.86. The predicted octanol–water partition coefficient (Wildman–Crippen LogP) is 1.98. The zero-order chi connectivity index (χ0) is 13.7. The summed E-state index contributed by atoms with van der Waals surface area (Å²) in [5.41, 5.74) is 0.729. The maximum Gasteiger partial charge on any atom is 0.289 e. The van der Waals surface area contributed by atoms with Gasteiger partial charge in [0, 0.05) is 25.2 Å². The predicted molar refractivity (Wildman–Crippen MR) is 73.1 cm³/mol.